The van der Waals surface area contributed by atoms with Crippen molar-refractivity contribution < 1.29 is 14.0 Å². The number of halogens is 1. The molecule has 2 amide bonds. The van der Waals surface area contributed by atoms with E-state index in [2.05, 4.69) is 26.1 Å². The Morgan fingerprint density at radius 3 is 2.44 bits per heavy atom. The van der Waals surface area contributed by atoms with Gasteiger partial charge in [0.15, 0.2) is 0 Å². The standard InChI is InChI=1S/C26H33FN2O2S/c1-26(2,3)17-12-13-19-21(16-17)32-24(28-23(30)18-10-6-7-11-20(18)27)22(19)25(31)29-14-8-4-5-9-15-29/h6-7,10-11,17H,4-5,8-9,12-16H2,1-3H3,(H,28,30)/t17-/m1/s1. The number of rotatable bonds is 3. The Balaban J connectivity index is 1.70. The van der Waals surface area contributed by atoms with Gasteiger partial charge < -0.3 is 10.2 Å². The fourth-order valence-corrected chi connectivity index (χ4v) is 6.20. The normalized spacial score (nSPS) is 19.2. The lowest BCUT2D eigenvalue weighted by Crippen LogP contribution is -2.33. The summed E-state index contributed by atoms with van der Waals surface area (Å²) < 4.78 is 14.2. The third-order valence-electron chi connectivity index (χ3n) is 6.94. The van der Waals surface area contributed by atoms with Crippen LogP contribution in [0.4, 0.5) is 9.39 Å². The fourth-order valence-electron chi connectivity index (χ4n) is 4.89. The molecule has 1 atom stereocenters. The minimum atomic E-state index is -0.556. The van der Waals surface area contributed by atoms with Crippen molar-refractivity contribution in [2.24, 2.45) is 11.3 Å². The third kappa shape index (κ3) is 4.75. The molecule has 0 unspecified atom stereocenters. The van der Waals surface area contributed by atoms with Crippen molar-refractivity contribution in [2.75, 3.05) is 18.4 Å². The van der Waals surface area contributed by atoms with Crippen LogP contribution in [-0.4, -0.2) is 29.8 Å². The van der Waals surface area contributed by atoms with Crippen LogP contribution in [0.3, 0.4) is 0 Å². The molecular formula is C26H33FN2O2S. The highest BCUT2D eigenvalue weighted by Crippen LogP contribution is 2.45. The molecule has 0 bridgehead atoms. The SMILES string of the molecule is CC(C)(C)[C@@H]1CCc2c(sc(NC(=O)c3ccccc3F)c2C(=O)N2CCCCCC2)C1. The molecule has 0 spiro atoms. The highest BCUT2D eigenvalue weighted by atomic mass is 32.1. The molecule has 4 nitrogen and oxygen atoms in total. The predicted molar refractivity (Wildman–Crippen MR) is 128 cm³/mol. The lowest BCUT2D eigenvalue weighted by atomic mass is 9.72. The average molecular weight is 457 g/mol. The number of thiophene rings is 1. The smallest absolute Gasteiger partial charge is 0.259 e. The van der Waals surface area contributed by atoms with Crippen LogP contribution in [0.5, 0.6) is 0 Å². The Hall–Kier alpha value is -2.21. The number of nitrogens with one attached hydrogen (secondary N) is 1. The van der Waals surface area contributed by atoms with Crippen LogP contribution in [0.15, 0.2) is 24.3 Å². The first-order chi connectivity index (χ1) is 15.3. The number of benzene rings is 1. The van der Waals surface area contributed by atoms with E-state index in [1.54, 1.807) is 12.1 Å². The van der Waals surface area contributed by atoms with Crippen molar-refractivity contribution in [2.45, 2.75) is 65.7 Å². The van der Waals surface area contributed by atoms with Gasteiger partial charge in [-0.25, -0.2) is 4.39 Å². The lowest BCUT2D eigenvalue weighted by Gasteiger charge is -2.34. The maximum Gasteiger partial charge on any atom is 0.259 e. The maximum atomic E-state index is 14.2. The van der Waals surface area contributed by atoms with Gasteiger partial charge in [0.05, 0.1) is 11.1 Å². The first kappa shape index (κ1) is 23.0. The van der Waals surface area contributed by atoms with Crippen LogP contribution >= 0.6 is 11.3 Å². The van der Waals surface area contributed by atoms with Gasteiger partial charge in [0.25, 0.3) is 11.8 Å². The topological polar surface area (TPSA) is 49.4 Å². The summed E-state index contributed by atoms with van der Waals surface area (Å²) in [5.74, 6) is -0.508. The zero-order chi connectivity index (χ0) is 22.9. The average Bonchev–Trinajstić information content (AvgIpc) is 2.90. The van der Waals surface area contributed by atoms with Crippen molar-refractivity contribution in [3.8, 4) is 0 Å². The van der Waals surface area contributed by atoms with E-state index in [0.717, 1.165) is 63.6 Å². The minimum Gasteiger partial charge on any atom is -0.339 e. The molecule has 1 aliphatic carbocycles. The summed E-state index contributed by atoms with van der Waals surface area (Å²) in [6, 6.07) is 5.97. The monoisotopic (exact) mass is 456 g/mol. The molecule has 1 fully saturated rings. The Labute approximate surface area is 194 Å². The van der Waals surface area contributed by atoms with Crippen molar-refractivity contribution in [3.63, 3.8) is 0 Å². The fraction of sp³-hybridized carbons (Fsp3) is 0.538. The van der Waals surface area contributed by atoms with Crippen LogP contribution in [0, 0.1) is 17.2 Å². The van der Waals surface area contributed by atoms with Gasteiger partial charge >= 0.3 is 0 Å². The van der Waals surface area contributed by atoms with E-state index in [0.29, 0.717) is 16.5 Å². The van der Waals surface area contributed by atoms with Gasteiger partial charge in [0, 0.05) is 18.0 Å². The van der Waals surface area contributed by atoms with E-state index in [1.165, 1.54) is 28.3 Å². The van der Waals surface area contributed by atoms with E-state index < -0.39 is 11.7 Å². The van der Waals surface area contributed by atoms with Crippen LogP contribution in [0.1, 0.15) is 84.0 Å². The molecule has 32 heavy (non-hydrogen) atoms. The van der Waals surface area contributed by atoms with Gasteiger partial charge in [-0.3, -0.25) is 9.59 Å². The first-order valence-corrected chi connectivity index (χ1v) is 12.6. The molecule has 1 N–H and O–H groups in total. The van der Waals surface area contributed by atoms with E-state index in [1.807, 2.05) is 4.90 Å². The van der Waals surface area contributed by atoms with E-state index in [4.69, 9.17) is 0 Å². The van der Waals surface area contributed by atoms with Crippen molar-refractivity contribution >= 4 is 28.2 Å². The molecule has 1 aromatic heterocycles. The quantitative estimate of drug-likeness (QED) is 0.589. The summed E-state index contributed by atoms with van der Waals surface area (Å²) in [4.78, 5) is 29.7. The molecule has 0 saturated carbocycles. The molecule has 2 aromatic rings. The van der Waals surface area contributed by atoms with Gasteiger partial charge in [0.1, 0.15) is 10.8 Å². The van der Waals surface area contributed by atoms with Gasteiger partial charge in [-0.2, -0.15) is 0 Å². The minimum absolute atomic E-state index is 0.000360. The summed E-state index contributed by atoms with van der Waals surface area (Å²) in [5.41, 5.74) is 1.92. The Morgan fingerprint density at radius 2 is 1.78 bits per heavy atom. The predicted octanol–water partition coefficient (Wildman–Crippen LogP) is 6.31. The largest absolute Gasteiger partial charge is 0.339 e. The van der Waals surface area contributed by atoms with Crippen LogP contribution in [-0.2, 0) is 12.8 Å². The molecule has 4 rings (SSSR count). The van der Waals surface area contributed by atoms with Gasteiger partial charge in [-0.15, -0.1) is 11.3 Å². The molecule has 172 valence electrons. The maximum absolute atomic E-state index is 14.2. The summed E-state index contributed by atoms with van der Waals surface area (Å²) in [6.07, 6.45) is 7.12. The van der Waals surface area contributed by atoms with Crippen molar-refractivity contribution in [1.82, 2.24) is 4.90 Å². The number of likely N-dealkylation sites (tertiary alicyclic amines) is 1. The number of hydrogen-bond donors (Lipinski definition) is 1. The van der Waals surface area contributed by atoms with Crippen LogP contribution < -0.4 is 5.32 Å². The number of nitrogens with zero attached hydrogens (tertiary/aromatic N) is 1. The number of carbonyl (C=O) groups is 2. The summed E-state index contributed by atoms with van der Waals surface area (Å²) in [5, 5.41) is 3.48. The van der Waals surface area contributed by atoms with Crippen LogP contribution in [0.2, 0.25) is 0 Å². The van der Waals surface area contributed by atoms with E-state index in [9.17, 15) is 14.0 Å². The van der Waals surface area contributed by atoms with Crippen molar-refractivity contribution in [1.29, 1.82) is 0 Å². The number of amides is 2. The molecule has 0 radical (unpaired) electrons. The second-order valence-corrected chi connectivity index (χ2v) is 11.3. The number of fused-ring (bicyclic) bond motifs is 1. The first-order valence-electron chi connectivity index (χ1n) is 11.8. The lowest BCUT2D eigenvalue weighted by molar-refractivity contribution is 0.0761. The molecular weight excluding hydrogens is 423 g/mol. The number of anilines is 1. The summed E-state index contributed by atoms with van der Waals surface area (Å²) >= 11 is 1.51. The van der Waals surface area contributed by atoms with E-state index >= 15 is 0 Å². The number of carbonyl (C=O) groups excluding carboxylic acids is 2. The second kappa shape index (κ2) is 9.34. The molecule has 2 heterocycles. The zero-order valence-corrected chi connectivity index (χ0v) is 20.1. The molecule has 2 aliphatic rings. The summed E-state index contributed by atoms with van der Waals surface area (Å²) in [7, 11) is 0. The third-order valence-corrected chi connectivity index (χ3v) is 8.11. The Bertz CT molecular complexity index is 1000. The van der Waals surface area contributed by atoms with Gasteiger partial charge in [-0.05, 0) is 61.1 Å². The van der Waals surface area contributed by atoms with Gasteiger partial charge in [-0.1, -0.05) is 45.7 Å². The van der Waals surface area contributed by atoms with Crippen LogP contribution in [0.25, 0.3) is 0 Å². The Morgan fingerprint density at radius 1 is 1.09 bits per heavy atom. The van der Waals surface area contributed by atoms with Crippen molar-refractivity contribution in [3.05, 3.63) is 51.7 Å². The molecule has 1 aliphatic heterocycles. The zero-order valence-electron chi connectivity index (χ0n) is 19.3. The van der Waals surface area contributed by atoms with E-state index in [-0.39, 0.29) is 16.9 Å². The highest BCUT2D eigenvalue weighted by molar-refractivity contribution is 7.17. The molecule has 1 aromatic carbocycles. The summed E-state index contributed by atoms with van der Waals surface area (Å²) in [6.45, 7) is 8.31. The molecule has 6 heteroatoms. The van der Waals surface area contributed by atoms with Gasteiger partial charge in [0.2, 0.25) is 0 Å². The number of hydrogen-bond acceptors (Lipinski definition) is 3. The second-order valence-electron chi connectivity index (χ2n) is 10.2. The Kier molecular flexibility index (Phi) is 6.70. The molecule has 1 saturated heterocycles. The highest BCUT2D eigenvalue weighted by Gasteiger charge is 2.35.